The second-order valence-electron chi connectivity index (χ2n) is 2.50. The molecule has 1 amide bonds. The topological polar surface area (TPSA) is 72.5 Å². The first-order chi connectivity index (χ1) is 6.11. The Hall–Kier alpha value is -1.04. The first-order valence-corrected chi connectivity index (χ1v) is 4.55. The molecule has 0 radical (unpaired) electrons. The Bertz CT molecular complexity index is 245. The van der Waals surface area contributed by atoms with Crippen LogP contribution in [0.25, 0.3) is 0 Å². The zero-order valence-electron chi connectivity index (χ0n) is 7.03. The number of esters is 1. The Morgan fingerprint density at radius 2 is 2.31 bits per heavy atom. The Balaban J connectivity index is 2.18. The molecule has 0 saturated carbocycles. The second-order valence-corrected chi connectivity index (χ2v) is 3.76. The van der Waals surface area contributed by atoms with Gasteiger partial charge in [0.2, 0.25) is 11.0 Å². The minimum Gasteiger partial charge on any atom is -0.469 e. The van der Waals surface area contributed by atoms with Crippen molar-refractivity contribution < 1.29 is 19.1 Å². The number of amides is 1. The van der Waals surface area contributed by atoms with Gasteiger partial charge >= 0.3 is 5.97 Å². The van der Waals surface area contributed by atoms with Crippen LogP contribution in [0.4, 0.5) is 0 Å². The number of hydrogen-bond acceptors (Lipinski definition) is 5. The van der Waals surface area contributed by atoms with Gasteiger partial charge in [-0.05, 0) is 0 Å². The van der Waals surface area contributed by atoms with Crippen LogP contribution >= 0.6 is 11.8 Å². The zero-order chi connectivity index (χ0) is 9.84. The molecular weight excluding hydrogens is 194 g/mol. The maximum absolute atomic E-state index is 11.0. The van der Waals surface area contributed by atoms with Crippen LogP contribution in [0.2, 0.25) is 0 Å². The fraction of sp³-hybridized carbons (Fsp3) is 0.571. The van der Waals surface area contributed by atoms with Crippen molar-refractivity contribution >= 4 is 28.8 Å². The molecule has 0 bridgehead atoms. The summed E-state index contributed by atoms with van der Waals surface area (Å²) in [6, 6.07) is 0. The summed E-state index contributed by atoms with van der Waals surface area (Å²) in [5.74, 6) is -0.619. The number of ether oxygens (including phenoxy) is 1. The van der Waals surface area contributed by atoms with E-state index in [2.05, 4.69) is 10.1 Å². The maximum Gasteiger partial charge on any atom is 0.313 e. The van der Waals surface area contributed by atoms with Gasteiger partial charge in [0.1, 0.15) is 6.42 Å². The van der Waals surface area contributed by atoms with Gasteiger partial charge in [0.25, 0.3) is 0 Å². The average Bonchev–Trinajstić information content (AvgIpc) is 2.01. The standard InChI is InChI=1S/C7H9NO4S/c1-12-6(10)3-7(11)13-5-2-4(9)8-5/h5H,2-3H2,1H3,(H,8,9). The lowest BCUT2D eigenvalue weighted by Crippen LogP contribution is -2.46. The van der Waals surface area contributed by atoms with Crippen LogP contribution in [0.5, 0.6) is 0 Å². The first kappa shape index (κ1) is 10.0. The molecule has 0 aromatic heterocycles. The molecule has 1 aliphatic heterocycles. The van der Waals surface area contributed by atoms with Gasteiger partial charge in [-0.15, -0.1) is 0 Å². The van der Waals surface area contributed by atoms with Crippen LogP contribution in [-0.2, 0) is 19.1 Å². The molecule has 1 heterocycles. The van der Waals surface area contributed by atoms with Gasteiger partial charge < -0.3 is 10.1 Å². The summed E-state index contributed by atoms with van der Waals surface area (Å²) in [7, 11) is 1.23. The Morgan fingerprint density at radius 1 is 1.69 bits per heavy atom. The molecule has 5 nitrogen and oxygen atoms in total. The number of rotatable bonds is 3. The van der Waals surface area contributed by atoms with E-state index in [0.29, 0.717) is 6.42 Å². The van der Waals surface area contributed by atoms with Gasteiger partial charge in [0.15, 0.2) is 0 Å². The molecule has 13 heavy (non-hydrogen) atoms. The van der Waals surface area contributed by atoms with E-state index in [1.807, 2.05) is 0 Å². The third-order valence-corrected chi connectivity index (χ3v) is 2.46. The quantitative estimate of drug-likeness (QED) is 0.386. The second kappa shape index (κ2) is 4.27. The van der Waals surface area contributed by atoms with Crippen molar-refractivity contribution in [3.05, 3.63) is 0 Å². The minimum absolute atomic E-state index is 0.0663. The predicted octanol–water partition coefficient (Wildman–Crippen LogP) is -0.345. The van der Waals surface area contributed by atoms with Crippen LogP contribution in [0.15, 0.2) is 0 Å². The number of carbonyl (C=O) groups is 3. The van der Waals surface area contributed by atoms with Crippen molar-refractivity contribution in [2.45, 2.75) is 18.2 Å². The van der Waals surface area contributed by atoms with E-state index >= 15 is 0 Å². The van der Waals surface area contributed by atoms with Crippen molar-refractivity contribution in [1.29, 1.82) is 0 Å². The van der Waals surface area contributed by atoms with E-state index in [1.165, 1.54) is 7.11 Å². The molecule has 0 spiro atoms. The minimum atomic E-state index is -0.553. The Morgan fingerprint density at radius 3 is 2.77 bits per heavy atom. The third-order valence-electron chi connectivity index (χ3n) is 1.48. The highest BCUT2D eigenvalue weighted by molar-refractivity contribution is 8.14. The highest BCUT2D eigenvalue weighted by Crippen LogP contribution is 2.20. The molecular formula is C7H9NO4S. The average molecular weight is 203 g/mol. The highest BCUT2D eigenvalue weighted by Gasteiger charge is 2.28. The van der Waals surface area contributed by atoms with Crippen molar-refractivity contribution in [2.75, 3.05) is 7.11 Å². The third kappa shape index (κ3) is 3.06. The molecule has 1 atom stereocenters. The summed E-state index contributed by atoms with van der Waals surface area (Å²) in [6.45, 7) is 0. The van der Waals surface area contributed by atoms with Gasteiger partial charge in [-0.3, -0.25) is 14.4 Å². The summed E-state index contributed by atoms with van der Waals surface area (Å²) < 4.78 is 4.31. The summed E-state index contributed by atoms with van der Waals surface area (Å²) in [5.41, 5.74) is 0. The van der Waals surface area contributed by atoms with Gasteiger partial charge in [-0.25, -0.2) is 0 Å². The van der Waals surface area contributed by atoms with Gasteiger partial charge in [0, 0.05) is 0 Å². The van der Waals surface area contributed by atoms with Crippen molar-refractivity contribution in [3.63, 3.8) is 0 Å². The van der Waals surface area contributed by atoms with E-state index in [-0.39, 0.29) is 22.8 Å². The number of β-lactam (4-membered cyclic amide) rings is 1. The van der Waals surface area contributed by atoms with E-state index in [0.717, 1.165) is 11.8 Å². The number of nitrogens with one attached hydrogen (secondary N) is 1. The van der Waals surface area contributed by atoms with Crippen LogP contribution in [0.3, 0.4) is 0 Å². The van der Waals surface area contributed by atoms with Gasteiger partial charge in [-0.2, -0.15) is 0 Å². The van der Waals surface area contributed by atoms with Crippen molar-refractivity contribution in [1.82, 2.24) is 5.32 Å². The molecule has 1 rings (SSSR count). The fourth-order valence-electron chi connectivity index (χ4n) is 0.788. The van der Waals surface area contributed by atoms with E-state index in [1.54, 1.807) is 0 Å². The summed E-state index contributed by atoms with van der Waals surface area (Å²) in [5, 5.41) is 2.07. The van der Waals surface area contributed by atoms with E-state index in [4.69, 9.17) is 0 Å². The lowest BCUT2D eigenvalue weighted by Gasteiger charge is -2.24. The van der Waals surface area contributed by atoms with E-state index in [9.17, 15) is 14.4 Å². The lowest BCUT2D eigenvalue weighted by atomic mass is 10.3. The molecule has 0 aliphatic carbocycles. The maximum atomic E-state index is 11.0. The summed E-state index contributed by atoms with van der Waals surface area (Å²) in [4.78, 5) is 32.1. The predicted molar refractivity (Wildman–Crippen MR) is 45.8 cm³/mol. The highest BCUT2D eigenvalue weighted by atomic mass is 32.2. The van der Waals surface area contributed by atoms with Crippen LogP contribution < -0.4 is 5.32 Å². The molecule has 1 saturated heterocycles. The lowest BCUT2D eigenvalue weighted by molar-refractivity contribution is -0.142. The molecule has 6 heteroatoms. The molecule has 72 valence electrons. The number of methoxy groups -OCH3 is 1. The van der Waals surface area contributed by atoms with Crippen LogP contribution in [-0.4, -0.2) is 29.5 Å². The summed E-state index contributed by atoms with van der Waals surface area (Å²) >= 11 is 0.962. The number of carbonyl (C=O) groups excluding carboxylic acids is 3. The molecule has 0 aromatic carbocycles. The molecule has 1 aliphatic rings. The molecule has 1 N–H and O–H groups in total. The van der Waals surface area contributed by atoms with Crippen molar-refractivity contribution in [2.24, 2.45) is 0 Å². The number of hydrogen-bond donors (Lipinski definition) is 1. The SMILES string of the molecule is COC(=O)CC(=O)SC1CC(=O)N1. The Labute approximate surface area is 79.2 Å². The molecule has 1 unspecified atom stereocenters. The Kier molecular flexibility index (Phi) is 3.30. The first-order valence-electron chi connectivity index (χ1n) is 3.67. The zero-order valence-corrected chi connectivity index (χ0v) is 7.85. The molecule has 1 fully saturated rings. The van der Waals surface area contributed by atoms with E-state index < -0.39 is 5.97 Å². The monoisotopic (exact) mass is 203 g/mol. The molecule has 0 aromatic rings. The van der Waals surface area contributed by atoms with Crippen molar-refractivity contribution in [3.8, 4) is 0 Å². The van der Waals surface area contributed by atoms with Crippen LogP contribution in [0.1, 0.15) is 12.8 Å². The fourth-order valence-corrected chi connectivity index (χ4v) is 1.73. The van der Waals surface area contributed by atoms with Crippen LogP contribution in [0, 0.1) is 0 Å². The summed E-state index contributed by atoms with van der Waals surface area (Å²) in [6.07, 6.45) is 0.102. The van der Waals surface area contributed by atoms with Gasteiger partial charge in [-0.1, -0.05) is 11.8 Å². The normalized spacial score (nSPS) is 20.1. The smallest absolute Gasteiger partial charge is 0.313 e. The largest absolute Gasteiger partial charge is 0.469 e. The number of thioether (sulfide) groups is 1. The van der Waals surface area contributed by atoms with Gasteiger partial charge in [0.05, 0.1) is 18.9 Å².